The summed E-state index contributed by atoms with van der Waals surface area (Å²) in [6.07, 6.45) is 2.69. The zero-order valence-electron chi connectivity index (χ0n) is 13.1. The monoisotopic (exact) mass is 352 g/mol. The predicted molar refractivity (Wildman–Crippen MR) is 87.4 cm³/mol. The first-order valence-electron chi connectivity index (χ1n) is 8.01. The lowest BCUT2D eigenvalue weighted by atomic mass is 10.1. The molecule has 0 aromatic heterocycles. The molecule has 2 N–H and O–H groups in total. The molecule has 0 spiro atoms. The summed E-state index contributed by atoms with van der Waals surface area (Å²) in [6, 6.07) is 5.67. The number of hydrogen-bond acceptors (Lipinski definition) is 4. The Hall–Kier alpha value is -1.93. The van der Waals surface area contributed by atoms with Crippen molar-refractivity contribution < 1.29 is 23.1 Å². The van der Waals surface area contributed by atoms with Gasteiger partial charge in [0, 0.05) is 24.7 Å². The molecule has 1 aliphatic heterocycles. The third-order valence-electron chi connectivity index (χ3n) is 4.49. The highest BCUT2D eigenvalue weighted by molar-refractivity contribution is 7.90. The van der Waals surface area contributed by atoms with Gasteiger partial charge in [0.2, 0.25) is 10.0 Å². The summed E-state index contributed by atoms with van der Waals surface area (Å²) in [5, 5.41) is 11.6. The summed E-state index contributed by atoms with van der Waals surface area (Å²) < 4.78 is 25.9. The minimum atomic E-state index is -3.14. The van der Waals surface area contributed by atoms with E-state index in [-0.39, 0.29) is 22.8 Å². The van der Waals surface area contributed by atoms with Crippen molar-refractivity contribution in [3.63, 3.8) is 0 Å². The number of carbonyl (C=O) groups is 2. The second kappa shape index (κ2) is 6.52. The lowest BCUT2D eigenvalue weighted by Crippen LogP contribution is -2.47. The molecule has 1 heterocycles. The molecule has 0 radical (unpaired) electrons. The minimum absolute atomic E-state index is 0.0673. The fraction of sp³-hybridized carbons (Fsp3) is 0.500. The molecule has 3 rings (SSSR count). The average Bonchev–Trinajstić information content (AvgIpc) is 3.41. The molecule has 1 saturated carbocycles. The Labute approximate surface area is 140 Å². The summed E-state index contributed by atoms with van der Waals surface area (Å²) in [7, 11) is -3.14. The number of carbonyl (C=O) groups excluding carboxylic acids is 1. The Kier molecular flexibility index (Phi) is 4.60. The Morgan fingerprint density at radius 3 is 2.04 bits per heavy atom. The number of hydrogen-bond donors (Lipinski definition) is 2. The number of benzene rings is 1. The van der Waals surface area contributed by atoms with Crippen LogP contribution in [0.5, 0.6) is 0 Å². The van der Waals surface area contributed by atoms with Gasteiger partial charge < -0.3 is 10.4 Å². The van der Waals surface area contributed by atoms with Crippen LogP contribution in [0.15, 0.2) is 24.3 Å². The number of amides is 1. The van der Waals surface area contributed by atoms with Crippen LogP contribution in [0.2, 0.25) is 0 Å². The van der Waals surface area contributed by atoms with Gasteiger partial charge in [-0.2, -0.15) is 0 Å². The van der Waals surface area contributed by atoms with E-state index in [0.29, 0.717) is 31.5 Å². The number of carboxylic acids is 1. The summed E-state index contributed by atoms with van der Waals surface area (Å²) in [6.45, 7) is 0.865. The van der Waals surface area contributed by atoms with Gasteiger partial charge >= 0.3 is 5.97 Å². The molecule has 2 aliphatic rings. The van der Waals surface area contributed by atoms with E-state index in [1.807, 2.05) is 0 Å². The van der Waals surface area contributed by atoms with Crippen LogP contribution in [0.4, 0.5) is 0 Å². The van der Waals surface area contributed by atoms with E-state index in [9.17, 15) is 18.0 Å². The van der Waals surface area contributed by atoms with Gasteiger partial charge in [-0.1, -0.05) is 0 Å². The van der Waals surface area contributed by atoms with E-state index in [4.69, 9.17) is 5.11 Å². The number of piperidine rings is 1. The predicted octanol–water partition coefficient (Wildman–Crippen LogP) is 1.07. The zero-order valence-corrected chi connectivity index (χ0v) is 14.0. The maximum Gasteiger partial charge on any atom is 0.335 e. The van der Waals surface area contributed by atoms with Crippen LogP contribution >= 0.6 is 0 Å². The Balaban J connectivity index is 1.54. The lowest BCUT2D eigenvalue weighted by molar-refractivity contribution is 0.0696. The molecule has 130 valence electrons. The molecule has 8 heteroatoms. The van der Waals surface area contributed by atoms with Crippen LogP contribution in [0.3, 0.4) is 0 Å². The second-order valence-corrected chi connectivity index (χ2v) is 8.49. The molecule has 1 amide bonds. The quantitative estimate of drug-likeness (QED) is 0.825. The molecular weight excluding hydrogens is 332 g/mol. The highest BCUT2D eigenvalue weighted by Gasteiger charge is 2.41. The van der Waals surface area contributed by atoms with Crippen LogP contribution in [-0.4, -0.2) is 54.1 Å². The Morgan fingerprint density at radius 1 is 1.00 bits per heavy atom. The largest absolute Gasteiger partial charge is 0.478 e. The van der Waals surface area contributed by atoms with Gasteiger partial charge in [-0.25, -0.2) is 17.5 Å². The molecule has 1 aromatic rings. The van der Waals surface area contributed by atoms with E-state index in [2.05, 4.69) is 5.32 Å². The van der Waals surface area contributed by atoms with Gasteiger partial charge in [-0.3, -0.25) is 4.79 Å². The van der Waals surface area contributed by atoms with Crippen LogP contribution in [0.25, 0.3) is 0 Å². The summed E-state index contributed by atoms with van der Waals surface area (Å²) in [5.74, 6) is -1.30. The minimum Gasteiger partial charge on any atom is -0.478 e. The van der Waals surface area contributed by atoms with Crippen molar-refractivity contribution in [3.8, 4) is 0 Å². The molecule has 7 nitrogen and oxygen atoms in total. The highest BCUT2D eigenvalue weighted by atomic mass is 32.2. The van der Waals surface area contributed by atoms with Crippen molar-refractivity contribution in [1.82, 2.24) is 9.62 Å². The fourth-order valence-corrected chi connectivity index (χ4v) is 4.74. The molecule has 1 aliphatic carbocycles. The molecule has 0 atom stereocenters. The molecule has 0 unspecified atom stereocenters. The van der Waals surface area contributed by atoms with Crippen LogP contribution < -0.4 is 5.32 Å². The SMILES string of the molecule is O=C(O)c1ccc(C(=O)NC2CCN(S(=O)(=O)C3CC3)CC2)cc1. The maximum absolute atomic E-state index is 12.2. The molecule has 1 aromatic carbocycles. The number of nitrogens with zero attached hydrogens (tertiary/aromatic N) is 1. The van der Waals surface area contributed by atoms with Gasteiger partial charge in [0.25, 0.3) is 5.91 Å². The first-order valence-corrected chi connectivity index (χ1v) is 9.51. The second-order valence-electron chi connectivity index (χ2n) is 6.27. The van der Waals surface area contributed by atoms with Gasteiger partial charge in [0.05, 0.1) is 10.8 Å². The number of aromatic carboxylic acids is 1. The van der Waals surface area contributed by atoms with E-state index < -0.39 is 16.0 Å². The van der Waals surface area contributed by atoms with Gasteiger partial charge in [0.1, 0.15) is 0 Å². The lowest BCUT2D eigenvalue weighted by Gasteiger charge is -2.31. The molecule has 1 saturated heterocycles. The third-order valence-corrected chi connectivity index (χ3v) is 6.89. The fourth-order valence-electron chi connectivity index (χ4n) is 2.86. The Bertz CT molecular complexity index is 732. The van der Waals surface area contributed by atoms with Crippen molar-refractivity contribution in [2.45, 2.75) is 37.0 Å². The van der Waals surface area contributed by atoms with Gasteiger partial charge in [-0.05, 0) is 49.9 Å². The molecule has 2 fully saturated rings. The van der Waals surface area contributed by atoms with Crippen molar-refractivity contribution in [3.05, 3.63) is 35.4 Å². The van der Waals surface area contributed by atoms with Gasteiger partial charge in [0.15, 0.2) is 0 Å². The summed E-state index contributed by atoms with van der Waals surface area (Å²) in [5.41, 5.74) is 0.526. The van der Waals surface area contributed by atoms with Crippen molar-refractivity contribution >= 4 is 21.9 Å². The maximum atomic E-state index is 12.2. The molecule has 0 bridgehead atoms. The van der Waals surface area contributed by atoms with Gasteiger partial charge in [-0.15, -0.1) is 0 Å². The first-order chi connectivity index (χ1) is 11.4. The number of carboxylic acid groups (broad SMARTS) is 1. The topological polar surface area (TPSA) is 104 Å². The van der Waals surface area contributed by atoms with E-state index >= 15 is 0 Å². The standard InChI is InChI=1S/C16H20N2O5S/c19-15(11-1-3-12(4-2-11)16(20)21)17-13-7-9-18(10-8-13)24(22,23)14-5-6-14/h1-4,13-14H,5-10H2,(H,17,19)(H,20,21). The summed E-state index contributed by atoms with van der Waals surface area (Å²) >= 11 is 0. The van der Waals surface area contributed by atoms with E-state index in [1.54, 1.807) is 0 Å². The van der Waals surface area contributed by atoms with Crippen molar-refractivity contribution in [1.29, 1.82) is 0 Å². The van der Waals surface area contributed by atoms with Crippen LogP contribution in [0, 0.1) is 0 Å². The summed E-state index contributed by atoms with van der Waals surface area (Å²) in [4.78, 5) is 23.0. The zero-order chi connectivity index (χ0) is 17.3. The van der Waals surface area contributed by atoms with E-state index in [1.165, 1.54) is 28.6 Å². The number of sulfonamides is 1. The normalized spacial score (nSPS) is 19.8. The molecule has 24 heavy (non-hydrogen) atoms. The smallest absolute Gasteiger partial charge is 0.335 e. The highest BCUT2D eigenvalue weighted by Crippen LogP contribution is 2.32. The number of rotatable bonds is 5. The molecular formula is C16H20N2O5S. The van der Waals surface area contributed by atoms with E-state index in [0.717, 1.165) is 12.8 Å². The average molecular weight is 352 g/mol. The number of nitrogens with one attached hydrogen (secondary N) is 1. The Morgan fingerprint density at radius 2 is 1.54 bits per heavy atom. The van der Waals surface area contributed by atoms with Crippen LogP contribution in [0.1, 0.15) is 46.4 Å². The first kappa shape index (κ1) is 16.9. The van der Waals surface area contributed by atoms with Crippen molar-refractivity contribution in [2.75, 3.05) is 13.1 Å². The third kappa shape index (κ3) is 3.59. The van der Waals surface area contributed by atoms with Crippen LogP contribution in [-0.2, 0) is 10.0 Å². The van der Waals surface area contributed by atoms with Crippen molar-refractivity contribution in [2.24, 2.45) is 0 Å².